The van der Waals surface area contributed by atoms with Gasteiger partial charge in [0.1, 0.15) is 0 Å². The molecule has 1 nitrogen and oxygen atoms in total. The number of thioether (sulfide) groups is 1. The van der Waals surface area contributed by atoms with Crippen molar-refractivity contribution in [2.75, 3.05) is 24.0 Å². The van der Waals surface area contributed by atoms with Crippen molar-refractivity contribution in [3.05, 3.63) is 28.8 Å². The molecule has 0 fully saturated rings. The third kappa shape index (κ3) is 3.57. The van der Waals surface area contributed by atoms with E-state index in [0.717, 1.165) is 21.7 Å². The minimum absolute atomic E-state index is 0.515. The van der Waals surface area contributed by atoms with E-state index in [9.17, 15) is 0 Å². The molecule has 16 heavy (non-hydrogen) atoms. The third-order valence-corrected chi connectivity index (χ3v) is 4.43. The van der Waals surface area contributed by atoms with Crippen LogP contribution < -0.4 is 4.90 Å². The van der Waals surface area contributed by atoms with E-state index in [1.807, 2.05) is 17.8 Å². The Kier molecular flexibility index (Phi) is 6.01. The van der Waals surface area contributed by atoms with Crippen LogP contribution in [0.25, 0.3) is 0 Å². The molecule has 0 amide bonds. The van der Waals surface area contributed by atoms with E-state index in [0.29, 0.717) is 6.04 Å². The lowest BCUT2D eigenvalue weighted by molar-refractivity contribution is 0.765. The highest BCUT2D eigenvalue weighted by atomic mass is 79.9. The predicted octanol–water partition coefficient (Wildman–Crippen LogP) is 4.42. The van der Waals surface area contributed by atoms with Crippen LogP contribution in [0.4, 0.5) is 5.69 Å². The molecule has 0 spiro atoms. The van der Waals surface area contributed by atoms with Crippen molar-refractivity contribution in [2.45, 2.75) is 18.3 Å². The predicted molar refractivity (Wildman–Crippen MR) is 80.3 cm³/mol. The topological polar surface area (TPSA) is 3.24 Å². The molecule has 90 valence electrons. The van der Waals surface area contributed by atoms with Gasteiger partial charge in [-0.3, -0.25) is 0 Å². The largest absolute Gasteiger partial charge is 0.371 e. The molecule has 0 saturated heterocycles. The van der Waals surface area contributed by atoms with Crippen molar-refractivity contribution in [1.82, 2.24) is 0 Å². The van der Waals surface area contributed by atoms with Crippen molar-refractivity contribution in [1.29, 1.82) is 0 Å². The molecule has 0 aliphatic carbocycles. The molecule has 1 rings (SSSR count). The van der Waals surface area contributed by atoms with E-state index in [1.54, 1.807) is 0 Å². The molecule has 1 aromatic carbocycles. The fourth-order valence-corrected chi connectivity index (χ4v) is 3.07. The highest BCUT2D eigenvalue weighted by molar-refractivity contribution is 9.08. The molecule has 0 heterocycles. The minimum Gasteiger partial charge on any atom is -0.371 e. The Hall–Kier alpha value is 0.140. The van der Waals surface area contributed by atoms with Gasteiger partial charge in [0.15, 0.2) is 0 Å². The zero-order valence-corrected chi connectivity index (χ0v) is 13.0. The summed E-state index contributed by atoms with van der Waals surface area (Å²) in [5.74, 6) is 1.12. The molecule has 4 heteroatoms. The molecule has 1 aromatic rings. The number of hydrogen-bond donors (Lipinski definition) is 0. The van der Waals surface area contributed by atoms with Gasteiger partial charge in [-0.2, -0.15) is 11.8 Å². The first-order valence-corrected chi connectivity index (χ1v) is 8.05. The van der Waals surface area contributed by atoms with Gasteiger partial charge < -0.3 is 4.90 Å². The van der Waals surface area contributed by atoms with E-state index in [1.165, 1.54) is 5.69 Å². The molecular formula is C12H17BrClNS. The fraction of sp³-hybridized carbons (Fsp3) is 0.500. The van der Waals surface area contributed by atoms with Crippen molar-refractivity contribution in [3.8, 4) is 0 Å². The summed E-state index contributed by atoms with van der Waals surface area (Å²) in [6.07, 6.45) is 2.13. The standard InChI is InChI=1S/C12H17BrClNS/c1-9(8-16-3)15(2)11-5-4-10(7-13)12(14)6-11/h4-6,9H,7-8H2,1-3H3. The summed E-state index contributed by atoms with van der Waals surface area (Å²) < 4.78 is 0. The van der Waals surface area contributed by atoms with Gasteiger partial charge in [0.2, 0.25) is 0 Å². The summed E-state index contributed by atoms with van der Waals surface area (Å²) >= 11 is 11.5. The lowest BCUT2D eigenvalue weighted by Crippen LogP contribution is -2.30. The fourth-order valence-electron chi connectivity index (χ4n) is 1.47. The summed E-state index contributed by atoms with van der Waals surface area (Å²) in [6, 6.07) is 6.75. The highest BCUT2D eigenvalue weighted by Gasteiger charge is 2.10. The summed E-state index contributed by atoms with van der Waals surface area (Å²) in [5, 5.41) is 1.63. The maximum absolute atomic E-state index is 6.19. The van der Waals surface area contributed by atoms with Crippen molar-refractivity contribution >= 4 is 45.0 Å². The maximum Gasteiger partial charge on any atom is 0.0467 e. The van der Waals surface area contributed by atoms with Crippen LogP contribution in [0, 0.1) is 0 Å². The van der Waals surface area contributed by atoms with E-state index >= 15 is 0 Å². The van der Waals surface area contributed by atoms with Gasteiger partial charge in [-0.25, -0.2) is 0 Å². The monoisotopic (exact) mass is 321 g/mol. The van der Waals surface area contributed by atoms with Crippen LogP contribution in [0.3, 0.4) is 0 Å². The Bertz CT molecular complexity index is 346. The first kappa shape index (κ1) is 14.2. The second-order valence-corrected chi connectivity index (χ2v) is 5.70. The van der Waals surface area contributed by atoms with Crippen molar-refractivity contribution in [3.63, 3.8) is 0 Å². The molecule has 1 atom stereocenters. The molecule has 0 bridgehead atoms. The Morgan fingerprint density at radius 1 is 1.50 bits per heavy atom. The molecule has 0 aromatic heterocycles. The average molecular weight is 323 g/mol. The van der Waals surface area contributed by atoms with Crippen molar-refractivity contribution in [2.24, 2.45) is 0 Å². The Labute approximate surface area is 116 Å². The number of rotatable bonds is 5. The zero-order valence-electron chi connectivity index (χ0n) is 9.84. The van der Waals surface area contributed by atoms with Gasteiger partial charge >= 0.3 is 0 Å². The van der Waals surface area contributed by atoms with Gasteiger partial charge in [-0.1, -0.05) is 33.6 Å². The van der Waals surface area contributed by atoms with Gasteiger partial charge in [-0.05, 0) is 30.9 Å². The highest BCUT2D eigenvalue weighted by Crippen LogP contribution is 2.26. The summed E-state index contributed by atoms with van der Waals surface area (Å²) in [5.41, 5.74) is 2.31. The number of benzene rings is 1. The summed E-state index contributed by atoms with van der Waals surface area (Å²) in [7, 11) is 2.11. The minimum atomic E-state index is 0.515. The molecule has 0 radical (unpaired) electrons. The third-order valence-electron chi connectivity index (χ3n) is 2.66. The van der Waals surface area contributed by atoms with E-state index in [4.69, 9.17) is 11.6 Å². The summed E-state index contributed by atoms with van der Waals surface area (Å²) in [6.45, 7) is 2.23. The van der Waals surface area contributed by atoms with Gasteiger partial charge in [0, 0.05) is 34.9 Å². The molecule has 0 aliphatic heterocycles. The second-order valence-electron chi connectivity index (χ2n) is 3.82. The Morgan fingerprint density at radius 2 is 2.19 bits per heavy atom. The van der Waals surface area contributed by atoms with Crippen LogP contribution in [-0.4, -0.2) is 25.1 Å². The van der Waals surface area contributed by atoms with Gasteiger partial charge in [-0.15, -0.1) is 0 Å². The van der Waals surface area contributed by atoms with Crippen molar-refractivity contribution < 1.29 is 0 Å². The van der Waals surface area contributed by atoms with E-state index in [2.05, 4.69) is 53.2 Å². The number of anilines is 1. The number of nitrogens with zero attached hydrogens (tertiary/aromatic N) is 1. The SMILES string of the molecule is CSCC(C)N(C)c1ccc(CBr)c(Cl)c1. The lowest BCUT2D eigenvalue weighted by Gasteiger charge is -2.27. The first-order chi connectivity index (χ1) is 7.60. The molecule has 0 aliphatic rings. The smallest absolute Gasteiger partial charge is 0.0467 e. The van der Waals surface area contributed by atoms with Crippen LogP contribution in [0.2, 0.25) is 5.02 Å². The lowest BCUT2D eigenvalue weighted by atomic mass is 10.2. The van der Waals surface area contributed by atoms with Gasteiger partial charge in [0.25, 0.3) is 0 Å². The van der Waals surface area contributed by atoms with Crippen LogP contribution in [0.15, 0.2) is 18.2 Å². The Morgan fingerprint density at radius 3 is 2.69 bits per heavy atom. The normalized spacial score (nSPS) is 12.6. The first-order valence-electron chi connectivity index (χ1n) is 5.16. The number of halogens is 2. The summed E-state index contributed by atoms with van der Waals surface area (Å²) in [4.78, 5) is 2.26. The van der Waals surface area contributed by atoms with Crippen LogP contribution in [0.5, 0.6) is 0 Å². The maximum atomic E-state index is 6.19. The molecule has 0 saturated carbocycles. The van der Waals surface area contributed by atoms with E-state index < -0.39 is 0 Å². The molecule has 0 N–H and O–H groups in total. The van der Waals surface area contributed by atoms with Crippen LogP contribution in [-0.2, 0) is 5.33 Å². The van der Waals surface area contributed by atoms with Crippen LogP contribution in [0.1, 0.15) is 12.5 Å². The van der Waals surface area contributed by atoms with Crippen LogP contribution >= 0.6 is 39.3 Å². The zero-order chi connectivity index (χ0) is 12.1. The Balaban J connectivity index is 2.84. The number of hydrogen-bond acceptors (Lipinski definition) is 2. The van der Waals surface area contributed by atoms with E-state index in [-0.39, 0.29) is 0 Å². The second kappa shape index (κ2) is 6.77. The number of alkyl halides is 1. The average Bonchev–Trinajstić information content (AvgIpc) is 2.28. The van der Waals surface area contributed by atoms with Gasteiger partial charge in [0.05, 0.1) is 0 Å². The molecular weight excluding hydrogens is 306 g/mol. The molecule has 1 unspecified atom stereocenters. The quantitative estimate of drug-likeness (QED) is 0.738.